The van der Waals surface area contributed by atoms with E-state index in [2.05, 4.69) is 5.32 Å². The van der Waals surface area contributed by atoms with Crippen LogP contribution in [0.1, 0.15) is 6.92 Å². The number of hydrogen-bond donors (Lipinski definition) is 1. The van der Waals surface area contributed by atoms with E-state index < -0.39 is 11.0 Å². The Kier molecular flexibility index (Phi) is 6.94. The highest BCUT2D eigenvalue weighted by Crippen LogP contribution is 2.23. The first kappa shape index (κ1) is 19.7. The number of nitrogens with zero attached hydrogens (tertiary/aromatic N) is 2. The zero-order chi connectivity index (χ0) is 19.1. The fraction of sp³-hybridized carbons (Fsp3) is 0.278. The van der Waals surface area contributed by atoms with Gasteiger partial charge in [-0.2, -0.15) is 0 Å². The molecule has 0 heterocycles. The van der Waals surface area contributed by atoms with Crippen LogP contribution in [-0.2, 0) is 4.79 Å². The van der Waals surface area contributed by atoms with E-state index >= 15 is 0 Å². The zero-order valence-corrected chi connectivity index (χ0v) is 15.3. The maximum Gasteiger partial charge on any atom is 0.292 e. The molecule has 0 bridgehead atoms. The number of anilines is 1. The second-order valence-corrected chi connectivity index (χ2v) is 6.16. The summed E-state index contributed by atoms with van der Waals surface area (Å²) < 4.78 is 5.61. The van der Waals surface area contributed by atoms with E-state index in [9.17, 15) is 14.9 Å². The molecule has 2 aromatic carbocycles. The highest BCUT2D eigenvalue weighted by Gasteiger charge is 2.21. The van der Waals surface area contributed by atoms with Crippen molar-refractivity contribution in [1.29, 1.82) is 0 Å². The van der Waals surface area contributed by atoms with Crippen LogP contribution < -0.4 is 10.1 Å². The lowest BCUT2D eigenvalue weighted by atomic mass is 10.2. The van der Waals surface area contributed by atoms with E-state index in [0.29, 0.717) is 23.9 Å². The third kappa shape index (κ3) is 5.44. The van der Waals surface area contributed by atoms with Crippen LogP contribution in [0.5, 0.6) is 5.75 Å². The standard InChI is InChI=1S/C18H20ClN3O4/c1-13(18(23)20-16-5-3-4-6-17(16)22(24)25)21(2)11-12-26-15-9-7-14(19)8-10-15/h3-10,13H,11-12H2,1-2H3,(H,20,23)/t13-/m1/s1. The number of hydrogen-bond acceptors (Lipinski definition) is 5. The maximum absolute atomic E-state index is 12.4. The molecule has 7 nitrogen and oxygen atoms in total. The fourth-order valence-corrected chi connectivity index (χ4v) is 2.33. The topological polar surface area (TPSA) is 84.7 Å². The highest BCUT2D eigenvalue weighted by atomic mass is 35.5. The van der Waals surface area contributed by atoms with Gasteiger partial charge < -0.3 is 10.1 Å². The smallest absolute Gasteiger partial charge is 0.292 e. The molecule has 26 heavy (non-hydrogen) atoms. The molecule has 0 saturated heterocycles. The first-order chi connectivity index (χ1) is 12.4. The maximum atomic E-state index is 12.4. The lowest BCUT2D eigenvalue weighted by Crippen LogP contribution is -2.41. The average molecular weight is 378 g/mol. The number of para-hydroxylation sites is 2. The minimum atomic E-state index is -0.524. The van der Waals surface area contributed by atoms with E-state index in [-0.39, 0.29) is 17.3 Å². The van der Waals surface area contributed by atoms with Crippen molar-refractivity contribution in [1.82, 2.24) is 4.90 Å². The van der Waals surface area contributed by atoms with Gasteiger partial charge in [-0.3, -0.25) is 19.8 Å². The second-order valence-electron chi connectivity index (χ2n) is 5.72. The summed E-state index contributed by atoms with van der Waals surface area (Å²) >= 11 is 5.82. The number of rotatable bonds is 8. The van der Waals surface area contributed by atoms with Gasteiger partial charge in [-0.1, -0.05) is 23.7 Å². The number of carbonyl (C=O) groups is 1. The molecule has 1 atom stereocenters. The Labute approximate surface area is 156 Å². The molecule has 0 fully saturated rings. The van der Waals surface area contributed by atoms with Gasteiger partial charge in [0, 0.05) is 17.6 Å². The van der Waals surface area contributed by atoms with Crippen molar-refractivity contribution in [2.45, 2.75) is 13.0 Å². The minimum absolute atomic E-state index is 0.137. The van der Waals surface area contributed by atoms with Gasteiger partial charge in [0.15, 0.2) is 0 Å². The van der Waals surface area contributed by atoms with Gasteiger partial charge in [-0.25, -0.2) is 0 Å². The molecule has 0 aliphatic rings. The fourth-order valence-electron chi connectivity index (χ4n) is 2.21. The van der Waals surface area contributed by atoms with Gasteiger partial charge in [0.05, 0.1) is 11.0 Å². The van der Waals surface area contributed by atoms with Crippen LogP contribution in [0.4, 0.5) is 11.4 Å². The van der Waals surface area contributed by atoms with Gasteiger partial charge >= 0.3 is 0 Å². The molecule has 138 valence electrons. The van der Waals surface area contributed by atoms with Crippen molar-refractivity contribution in [2.24, 2.45) is 0 Å². The van der Waals surface area contributed by atoms with Crippen molar-refractivity contribution in [3.63, 3.8) is 0 Å². The molecule has 2 rings (SSSR count). The van der Waals surface area contributed by atoms with Gasteiger partial charge in [0.2, 0.25) is 5.91 Å². The van der Waals surface area contributed by atoms with Crippen LogP contribution in [0.2, 0.25) is 5.02 Å². The van der Waals surface area contributed by atoms with Crippen molar-refractivity contribution < 1.29 is 14.5 Å². The van der Waals surface area contributed by atoms with Gasteiger partial charge in [-0.15, -0.1) is 0 Å². The minimum Gasteiger partial charge on any atom is -0.492 e. The monoisotopic (exact) mass is 377 g/mol. The molecule has 0 radical (unpaired) electrons. The van der Waals surface area contributed by atoms with Crippen LogP contribution in [0, 0.1) is 10.1 Å². The lowest BCUT2D eigenvalue weighted by Gasteiger charge is -2.23. The predicted molar refractivity (Wildman–Crippen MR) is 101 cm³/mol. The number of carbonyl (C=O) groups excluding carboxylic acids is 1. The highest BCUT2D eigenvalue weighted by molar-refractivity contribution is 6.30. The SMILES string of the molecule is C[C@H](C(=O)Nc1ccccc1[N+](=O)[O-])N(C)CCOc1ccc(Cl)cc1. The number of nitrogens with one attached hydrogen (secondary N) is 1. The van der Waals surface area contributed by atoms with Crippen molar-refractivity contribution in [3.8, 4) is 5.75 Å². The van der Waals surface area contributed by atoms with Crippen molar-refractivity contribution in [3.05, 3.63) is 63.7 Å². The Morgan fingerprint density at radius 2 is 1.92 bits per heavy atom. The van der Waals surface area contributed by atoms with E-state index in [1.807, 2.05) is 0 Å². The number of ether oxygens (including phenoxy) is 1. The Morgan fingerprint density at radius 1 is 1.27 bits per heavy atom. The molecule has 2 aromatic rings. The predicted octanol–water partition coefficient (Wildman–Crippen LogP) is 3.59. The van der Waals surface area contributed by atoms with Crippen LogP contribution >= 0.6 is 11.6 Å². The molecule has 0 spiro atoms. The molecular weight excluding hydrogens is 358 g/mol. The molecule has 1 amide bonds. The Morgan fingerprint density at radius 3 is 2.58 bits per heavy atom. The Hall–Kier alpha value is -2.64. The van der Waals surface area contributed by atoms with Gasteiger partial charge in [0.25, 0.3) is 5.69 Å². The Balaban J connectivity index is 1.87. The van der Waals surface area contributed by atoms with Crippen LogP contribution in [0.3, 0.4) is 0 Å². The third-order valence-electron chi connectivity index (χ3n) is 3.93. The van der Waals surface area contributed by atoms with Crippen LogP contribution in [-0.4, -0.2) is 42.0 Å². The van der Waals surface area contributed by atoms with Crippen LogP contribution in [0.25, 0.3) is 0 Å². The van der Waals surface area contributed by atoms with Crippen molar-refractivity contribution >= 4 is 28.9 Å². The lowest BCUT2D eigenvalue weighted by molar-refractivity contribution is -0.383. The molecular formula is C18H20ClN3O4. The summed E-state index contributed by atoms with van der Waals surface area (Å²) in [7, 11) is 1.79. The van der Waals surface area contributed by atoms with E-state index in [1.165, 1.54) is 12.1 Å². The summed E-state index contributed by atoms with van der Waals surface area (Å²) in [5, 5.41) is 14.3. The molecule has 0 aliphatic heterocycles. The average Bonchev–Trinajstić information content (AvgIpc) is 2.62. The molecule has 1 N–H and O–H groups in total. The summed E-state index contributed by atoms with van der Waals surface area (Å²) in [5.41, 5.74) is 0.0435. The molecule has 8 heteroatoms. The summed E-state index contributed by atoms with van der Waals surface area (Å²) in [6, 6.07) is 12.6. The summed E-state index contributed by atoms with van der Waals surface area (Å²) in [5.74, 6) is 0.369. The number of amides is 1. The first-order valence-electron chi connectivity index (χ1n) is 8.01. The number of nitro benzene ring substituents is 1. The first-order valence-corrected chi connectivity index (χ1v) is 8.39. The van der Waals surface area contributed by atoms with E-state index in [1.54, 1.807) is 55.3 Å². The quantitative estimate of drug-likeness (QED) is 0.561. The van der Waals surface area contributed by atoms with Crippen molar-refractivity contribution in [2.75, 3.05) is 25.5 Å². The van der Waals surface area contributed by atoms with E-state index in [4.69, 9.17) is 16.3 Å². The molecule has 0 saturated carbocycles. The van der Waals surface area contributed by atoms with Crippen LogP contribution in [0.15, 0.2) is 48.5 Å². The summed E-state index contributed by atoms with van der Waals surface area (Å²) in [4.78, 5) is 24.7. The summed E-state index contributed by atoms with van der Waals surface area (Å²) in [6.07, 6.45) is 0. The number of benzene rings is 2. The zero-order valence-electron chi connectivity index (χ0n) is 14.5. The second kappa shape index (κ2) is 9.17. The number of halogens is 1. The number of nitro groups is 1. The molecule has 0 unspecified atom stereocenters. The largest absolute Gasteiger partial charge is 0.492 e. The molecule has 0 aromatic heterocycles. The Bertz CT molecular complexity index is 767. The van der Waals surface area contributed by atoms with Gasteiger partial charge in [0.1, 0.15) is 18.0 Å². The summed E-state index contributed by atoms with van der Waals surface area (Å²) in [6.45, 7) is 2.63. The normalized spacial score (nSPS) is 11.8. The molecule has 0 aliphatic carbocycles. The van der Waals surface area contributed by atoms with Gasteiger partial charge in [-0.05, 0) is 44.3 Å². The number of likely N-dealkylation sites (N-methyl/N-ethyl adjacent to an activating group) is 1. The van der Waals surface area contributed by atoms with E-state index in [0.717, 1.165) is 0 Å². The third-order valence-corrected chi connectivity index (χ3v) is 4.18.